The van der Waals surface area contributed by atoms with Gasteiger partial charge in [-0.25, -0.2) is 0 Å². The first-order chi connectivity index (χ1) is 8.31. The van der Waals surface area contributed by atoms with Crippen LogP contribution in [0.3, 0.4) is 0 Å². The summed E-state index contributed by atoms with van der Waals surface area (Å²) in [5.41, 5.74) is 1.51. The van der Waals surface area contributed by atoms with E-state index in [-0.39, 0.29) is 35.3 Å². The van der Waals surface area contributed by atoms with Gasteiger partial charge in [0.05, 0.1) is 5.69 Å². The van der Waals surface area contributed by atoms with Crippen LogP contribution in [0.5, 0.6) is 5.75 Å². The molecule has 18 heavy (non-hydrogen) atoms. The van der Waals surface area contributed by atoms with E-state index in [1.165, 1.54) is 0 Å². The van der Waals surface area contributed by atoms with Crippen molar-refractivity contribution in [2.45, 2.75) is 4.90 Å². The summed E-state index contributed by atoms with van der Waals surface area (Å²) >= 11 is 1.64. The van der Waals surface area contributed by atoms with Crippen LogP contribution < -0.4 is 34.7 Å². The van der Waals surface area contributed by atoms with Crippen molar-refractivity contribution in [2.75, 3.05) is 6.26 Å². The molecule has 0 aliphatic heterocycles. The zero-order valence-electron chi connectivity index (χ0n) is 10.5. The van der Waals surface area contributed by atoms with Crippen molar-refractivity contribution in [3.05, 3.63) is 54.1 Å². The summed E-state index contributed by atoms with van der Waals surface area (Å²) in [5.74, 6) is -0.00196. The van der Waals surface area contributed by atoms with Crippen molar-refractivity contribution in [2.24, 2.45) is 4.99 Å². The Bertz CT molecular complexity index is 543. The van der Waals surface area contributed by atoms with Gasteiger partial charge < -0.3 is 5.11 Å². The van der Waals surface area contributed by atoms with Crippen LogP contribution in [0.2, 0.25) is 0 Å². The molecule has 0 aliphatic carbocycles. The third kappa shape index (κ3) is 3.89. The topological polar surface area (TPSA) is 35.4 Å². The summed E-state index contributed by atoms with van der Waals surface area (Å²) in [6.07, 6.45) is 3.63. The second kappa shape index (κ2) is 7.64. The third-order valence-electron chi connectivity index (χ3n) is 2.35. The van der Waals surface area contributed by atoms with Gasteiger partial charge in [0, 0.05) is 11.1 Å². The number of hydrogen-bond acceptors (Lipinski definition) is 3. The molecule has 0 saturated heterocycles. The molecule has 0 aromatic heterocycles. The van der Waals surface area contributed by atoms with Crippen LogP contribution in [0.1, 0.15) is 5.56 Å². The van der Waals surface area contributed by atoms with Gasteiger partial charge in [0.25, 0.3) is 0 Å². The monoisotopic (exact) mass is 265 g/mol. The number of nitrogens with zero attached hydrogens (tertiary/aromatic N) is 1. The molecule has 0 spiro atoms. The van der Waals surface area contributed by atoms with Crippen molar-refractivity contribution >= 4 is 23.7 Å². The molecule has 0 aliphatic rings. The Kier molecular flexibility index (Phi) is 6.50. The number of benzene rings is 2. The van der Waals surface area contributed by atoms with Crippen LogP contribution in [0.25, 0.3) is 0 Å². The molecule has 2 aromatic rings. The number of thioether (sulfide) groups is 1. The van der Waals surface area contributed by atoms with Gasteiger partial charge in [0.15, 0.2) is 0 Å². The fourth-order valence-electron chi connectivity index (χ4n) is 1.46. The van der Waals surface area contributed by atoms with Gasteiger partial charge >= 0.3 is 29.6 Å². The molecule has 2 rings (SSSR count). The van der Waals surface area contributed by atoms with Gasteiger partial charge in [0.1, 0.15) is 0 Å². The second-order valence-electron chi connectivity index (χ2n) is 3.47. The van der Waals surface area contributed by atoms with E-state index in [4.69, 9.17) is 0 Å². The summed E-state index contributed by atoms with van der Waals surface area (Å²) < 4.78 is 0. The summed E-state index contributed by atoms with van der Waals surface area (Å²) in [4.78, 5) is 5.47. The third-order valence-corrected chi connectivity index (χ3v) is 3.13. The minimum Gasteiger partial charge on any atom is -0.872 e. The van der Waals surface area contributed by atoms with E-state index >= 15 is 0 Å². The number of para-hydroxylation sites is 2. The van der Waals surface area contributed by atoms with Crippen molar-refractivity contribution < 1.29 is 34.7 Å². The first kappa shape index (κ1) is 15.3. The minimum absolute atomic E-state index is 0. The van der Waals surface area contributed by atoms with E-state index in [1.54, 1.807) is 36.2 Å². The molecular formula is C14H12NNaOS. The maximum Gasteiger partial charge on any atom is 1.00 e. The molecule has 0 amide bonds. The number of rotatable bonds is 3. The number of hydrogen-bond donors (Lipinski definition) is 0. The fourth-order valence-corrected chi connectivity index (χ4v) is 2.01. The molecular weight excluding hydrogens is 253 g/mol. The molecule has 0 fully saturated rings. The van der Waals surface area contributed by atoms with Crippen LogP contribution in [0, 0.1) is 0 Å². The maximum absolute atomic E-state index is 11.5. The summed E-state index contributed by atoms with van der Waals surface area (Å²) in [6, 6.07) is 14.8. The predicted octanol–water partition coefficient (Wildman–Crippen LogP) is 0.237. The molecule has 2 aromatic carbocycles. The minimum atomic E-state index is -0.00196. The molecule has 0 heterocycles. The molecule has 0 unspecified atom stereocenters. The SMILES string of the molecule is CSc1ccccc1N=Cc1ccccc1[O-].[Na+]. The number of aliphatic imine (C=N–C) groups is 1. The summed E-state index contributed by atoms with van der Waals surface area (Å²) in [7, 11) is 0. The normalized spacial score (nSPS) is 10.3. The Hall–Kier alpha value is -0.740. The molecule has 4 heteroatoms. The van der Waals surface area contributed by atoms with Crippen LogP contribution >= 0.6 is 11.8 Å². The van der Waals surface area contributed by atoms with E-state index in [9.17, 15) is 5.11 Å². The van der Waals surface area contributed by atoms with Crippen molar-refractivity contribution in [3.63, 3.8) is 0 Å². The maximum atomic E-state index is 11.5. The van der Waals surface area contributed by atoms with Crippen molar-refractivity contribution in [3.8, 4) is 5.75 Å². The Morgan fingerprint density at radius 3 is 2.44 bits per heavy atom. The van der Waals surface area contributed by atoms with Crippen LogP contribution in [0.4, 0.5) is 5.69 Å². The zero-order chi connectivity index (χ0) is 12.1. The predicted molar refractivity (Wildman–Crippen MR) is 71.4 cm³/mol. The molecule has 0 bridgehead atoms. The Labute approximate surface area is 133 Å². The van der Waals surface area contributed by atoms with E-state index in [0.29, 0.717) is 5.56 Å². The van der Waals surface area contributed by atoms with E-state index in [0.717, 1.165) is 10.6 Å². The first-order valence-corrected chi connectivity index (χ1v) is 6.47. The van der Waals surface area contributed by atoms with Gasteiger partial charge in [-0.3, -0.25) is 4.99 Å². The van der Waals surface area contributed by atoms with Gasteiger partial charge in [-0.05, 0) is 24.0 Å². The largest absolute Gasteiger partial charge is 1.00 e. The molecule has 86 valence electrons. The van der Waals surface area contributed by atoms with Gasteiger partial charge in [-0.1, -0.05) is 36.4 Å². The van der Waals surface area contributed by atoms with E-state index < -0.39 is 0 Å². The zero-order valence-corrected chi connectivity index (χ0v) is 13.3. The van der Waals surface area contributed by atoms with Crippen LogP contribution in [0.15, 0.2) is 58.4 Å². The van der Waals surface area contributed by atoms with Gasteiger partial charge in [-0.2, -0.15) is 0 Å². The summed E-state index contributed by atoms with van der Waals surface area (Å²) in [6.45, 7) is 0. The first-order valence-electron chi connectivity index (χ1n) is 5.24. The van der Waals surface area contributed by atoms with Crippen LogP contribution in [-0.2, 0) is 0 Å². The molecule has 0 radical (unpaired) electrons. The van der Waals surface area contributed by atoms with E-state index in [2.05, 4.69) is 4.99 Å². The van der Waals surface area contributed by atoms with Crippen molar-refractivity contribution in [1.82, 2.24) is 0 Å². The molecule has 0 atom stereocenters. The average Bonchev–Trinajstić information content (AvgIpc) is 2.38. The molecule has 0 N–H and O–H groups in total. The van der Waals surface area contributed by atoms with Gasteiger partial charge in [-0.15, -0.1) is 17.5 Å². The smallest absolute Gasteiger partial charge is 0.872 e. The fraction of sp³-hybridized carbons (Fsp3) is 0.0714. The summed E-state index contributed by atoms with van der Waals surface area (Å²) in [5, 5.41) is 11.5. The Morgan fingerprint density at radius 2 is 1.72 bits per heavy atom. The van der Waals surface area contributed by atoms with E-state index in [1.807, 2.05) is 36.6 Å². The average molecular weight is 265 g/mol. The Balaban J connectivity index is 0.00000162. The molecule has 0 saturated carbocycles. The Morgan fingerprint density at radius 1 is 1.06 bits per heavy atom. The van der Waals surface area contributed by atoms with Gasteiger partial charge in [0.2, 0.25) is 0 Å². The quantitative estimate of drug-likeness (QED) is 0.453. The van der Waals surface area contributed by atoms with Crippen LogP contribution in [-0.4, -0.2) is 12.5 Å². The molecule has 2 nitrogen and oxygen atoms in total. The second-order valence-corrected chi connectivity index (χ2v) is 4.32. The standard InChI is InChI=1S/C14H13NOS.Na/c1-17-14-9-5-3-7-12(14)15-10-11-6-2-4-8-13(11)16;/h2-10,16H,1H3;/q;+1/p-1. The van der Waals surface area contributed by atoms with Crippen molar-refractivity contribution in [1.29, 1.82) is 0 Å².